The molecule has 1 aliphatic rings. The van der Waals surface area contributed by atoms with Gasteiger partial charge in [0, 0.05) is 16.3 Å². The number of anilines is 1. The Balaban J connectivity index is 1.50. The van der Waals surface area contributed by atoms with Crippen LogP contribution >= 0.6 is 46.0 Å². The summed E-state index contributed by atoms with van der Waals surface area (Å²) >= 11 is 9.96. The molecule has 0 saturated carbocycles. The zero-order chi connectivity index (χ0) is 24.8. The van der Waals surface area contributed by atoms with Crippen LogP contribution < -0.4 is 20.1 Å². The van der Waals surface area contributed by atoms with Gasteiger partial charge in [-0.1, -0.05) is 60.6 Å². The molecule has 0 unspecified atom stereocenters. The molecule has 4 rings (SSSR count). The zero-order valence-corrected chi connectivity index (χ0v) is 23.2. The molecule has 0 aliphatic carbocycles. The first kappa shape index (κ1) is 25.7. The van der Waals surface area contributed by atoms with Gasteiger partial charge in [0.25, 0.3) is 5.91 Å². The van der Waals surface area contributed by atoms with E-state index < -0.39 is 0 Å². The number of hydrogen-bond donors (Lipinski definition) is 2. The molecule has 1 atom stereocenters. The maximum Gasteiger partial charge on any atom is 0.260 e. The highest BCUT2D eigenvalue weighted by Crippen LogP contribution is 2.37. The molecule has 8 heteroatoms. The van der Waals surface area contributed by atoms with E-state index in [9.17, 15) is 4.79 Å². The van der Waals surface area contributed by atoms with E-state index in [0.29, 0.717) is 34.6 Å². The molecule has 1 aliphatic heterocycles. The van der Waals surface area contributed by atoms with Crippen molar-refractivity contribution in [3.05, 3.63) is 90.9 Å². The van der Waals surface area contributed by atoms with Gasteiger partial charge in [-0.25, -0.2) is 0 Å². The van der Waals surface area contributed by atoms with Crippen molar-refractivity contribution >= 4 is 63.6 Å². The SMILES string of the molecule is CCOc1cc(/C=C2\S[C@@H](Nc3ccc(CC)cc3)NC2=O)cc(I)c1OCc1ccccc1Cl. The highest BCUT2D eigenvalue weighted by Gasteiger charge is 2.27. The van der Waals surface area contributed by atoms with Crippen molar-refractivity contribution in [1.82, 2.24) is 5.32 Å². The number of hydrogen-bond acceptors (Lipinski definition) is 5. The third-order valence-electron chi connectivity index (χ3n) is 5.35. The van der Waals surface area contributed by atoms with Crippen LogP contribution in [0.4, 0.5) is 5.69 Å². The molecule has 1 fully saturated rings. The second-order valence-corrected chi connectivity index (χ2v) is 10.5. The first-order valence-electron chi connectivity index (χ1n) is 11.3. The van der Waals surface area contributed by atoms with E-state index in [4.69, 9.17) is 21.1 Å². The third-order valence-corrected chi connectivity index (χ3v) is 7.55. The van der Waals surface area contributed by atoms with E-state index in [2.05, 4.69) is 52.3 Å². The Labute approximate surface area is 228 Å². The number of amides is 1. The monoisotopic (exact) mass is 620 g/mol. The highest BCUT2D eigenvalue weighted by atomic mass is 127. The number of halogens is 2. The number of carbonyl (C=O) groups is 1. The van der Waals surface area contributed by atoms with E-state index in [1.807, 2.05) is 61.5 Å². The summed E-state index contributed by atoms with van der Waals surface area (Å²) < 4.78 is 12.9. The normalized spacial score (nSPS) is 16.3. The highest BCUT2D eigenvalue weighted by molar-refractivity contribution is 14.1. The van der Waals surface area contributed by atoms with Crippen molar-refractivity contribution in [2.75, 3.05) is 11.9 Å². The Morgan fingerprint density at radius 1 is 1.11 bits per heavy atom. The van der Waals surface area contributed by atoms with Crippen molar-refractivity contribution in [2.45, 2.75) is 32.4 Å². The van der Waals surface area contributed by atoms with Crippen molar-refractivity contribution in [3.8, 4) is 11.5 Å². The first-order valence-corrected chi connectivity index (χ1v) is 13.7. The van der Waals surface area contributed by atoms with E-state index in [1.54, 1.807) is 0 Å². The lowest BCUT2D eigenvalue weighted by molar-refractivity contribution is -0.116. The van der Waals surface area contributed by atoms with Gasteiger partial charge in [-0.15, -0.1) is 0 Å². The quantitative estimate of drug-likeness (QED) is 0.198. The molecule has 0 aromatic heterocycles. The van der Waals surface area contributed by atoms with Gasteiger partial charge < -0.3 is 20.1 Å². The number of aryl methyl sites for hydroxylation is 1. The van der Waals surface area contributed by atoms with Gasteiger partial charge in [-0.2, -0.15) is 0 Å². The Morgan fingerprint density at radius 3 is 2.60 bits per heavy atom. The molecule has 1 saturated heterocycles. The lowest BCUT2D eigenvalue weighted by Gasteiger charge is -2.15. The fourth-order valence-electron chi connectivity index (χ4n) is 3.54. The zero-order valence-electron chi connectivity index (χ0n) is 19.4. The molecule has 1 heterocycles. The molecule has 182 valence electrons. The fraction of sp³-hybridized carbons (Fsp3) is 0.222. The predicted molar refractivity (Wildman–Crippen MR) is 153 cm³/mol. The molecule has 0 bridgehead atoms. The van der Waals surface area contributed by atoms with Crippen molar-refractivity contribution in [2.24, 2.45) is 0 Å². The molecule has 2 N–H and O–H groups in total. The van der Waals surface area contributed by atoms with Gasteiger partial charge in [-0.05, 0) is 83.5 Å². The summed E-state index contributed by atoms with van der Waals surface area (Å²) in [7, 11) is 0. The lowest BCUT2D eigenvalue weighted by atomic mass is 10.1. The van der Waals surface area contributed by atoms with E-state index in [-0.39, 0.29) is 11.4 Å². The van der Waals surface area contributed by atoms with Crippen LogP contribution in [-0.4, -0.2) is 18.0 Å². The summed E-state index contributed by atoms with van der Waals surface area (Å²) in [5.74, 6) is 1.19. The Hall–Kier alpha value is -2.36. The van der Waals surface area contributed by atoms with Crippen LogP contribution in [0.25, 0.3) is 6.08 Å². The summed E-state index contributed by atoms with van der Waals surface area (Å²) in [5.41, 5.74) is 3.78. The van der Waals surface area contributed by atoms with Gasteiger partial charge in [0.05, 0.1) is 15.1 Å². The number of rotatable bonds is 9. The molecule has 3 aromatic carbocycles. The molecule has 0 spiro atoms. The van der Waals surface area contributed by atoms with E-state index in [0.717, 1.165) is 26.8 Å². The maximum atomic E-state index is 12.6. The fourth-order valence-corrected chi connectivity index (χ4v) is 5.50. The van der Waals surface area contributed by atoms with Crippen LogP contribution in [-0.2, 0) is 17.8 Å². The van der Waals surface area contributed by atoms with Gasteiger partial charge in [0.15, 0.2) is 17.0 Å². The average Bonchev–Trinajstić information content (AvgIpc) is 3.18. The molecule has 1 amide bonds. The van der Waals surface area contributed by atoms with Gasteiger partial charge in [0.1, 0.15) is 6.61 Å². The minimum Gasteiger partial charge on any atom is -0.490 e. The van der Waals surface area contributed by atoms with Crippen LogP contribution in [0.1, 0.15) is 30.5 Å². The van der Waals surface area contributed by atoms with Crippen molar-refractivity contribution in [3.63, 3.8) is 0 Å². The molecule has 0 radical (unpaired) electrons. The number of thioether (sulfide) groups is 1. The molecular weight excluding hydrogens is 595 g/mol. The summed E-state index contributed by atoms with van der Waals surface area (Å²) in [4.78, 5) is 13.3. The summed E-state index contributed by atoms with van der Waals surface area (Å²) in [6.07, 6.45) is 2.87. The molecule has 35 heavy (non-hydrogen) atoms. The molecule has 5 nitrogen and oxygen atoms in total. The summed E-state index contributed by atoms with van der Waals surface area (Å²) in [6.45, 7) is 4.89. The van der Waals surface area contributed by atoms with Crippen LogP contribution in [0.2, 0.25) is 5.02 Å². The second-order valence-electron chi connectivity index (χ2n) is 7.82. The predicted octanol–water partition coefficient (Wildman–Crippen LogP) is 7.08. The van der Waals surface area contributed by atoms with Crippen molar-refractivity contribution in [1.29, 1.82) is 0 Å². The maximum absolute atomic E-state index is 12.6. The molecular formula is C27H26ClIN2O3S. The standard InChI is InChI=1S/C27H26ClIN2O3S/c1-3-17-9-11-20(12-10-17)30-27-31-26(32)24(35-27)15-18-13-22(29)25(23(14-18)33-4-2)34-16-19-7-5-6-8-21(19)28/h5-15,27,30H,3-4,16H2,1-2H3,(H,31,32)/b24-15-/t27-/m0/s1. The third kappa shape index (κ3) is 6.65. The lowest BCUT2D eigenvalue weighted by Crippen LogP contribution is -2.30. The Bertz CT molecular complexity index is 1230. The van der Waals surface area contributed by atoms with Crippen LogP contribution in [0.5, 0.6) is 11.5 Å². The van der Waals surface area contributed by atoms with Crippen LogP contribution in [0.3, 0.4) is 0 Å². The topological polar surface area (TPSA) is 59.6 Å². The van der Waals surface area contributed by atoms with Crippen LogP contribution in [0.15, 0.2) is 65.6 Å². The summed E-state index contributed by atoms with van der Waals surface area (Å²) in [5, 5.41) is 7.01. The second kappa shape index (κ2) is 12.1. The average molecular weight is 621 g/mol. The van der Waals surface area contributed by atoms with Gasteiger partial charge in [-0.3, -0.25) is 4.79 Å². The van der Waals surface area contributed by atoms with Crippen LogP contribution in [0, 0.1) is 3.57 Å². The first-order chi connectivity index (χ1) is 17.0. The molecule has 3 aromatic rings. The Morgan fingerprint density at radius 2 is 1.89 bits per heavy atom. The van der Waals surface area contributed by atoms with E-state index >= 15 is 0 Å². The largest absolute Gasteiger partial charge is 0.490 e. The van der Waals surface area contributed by atoms with Gasteiger partial charge in [0.2, 0.25) is 0 Å². The summed E-state index contributed by atoms with van der Waals surface area (Å²) in [6, 6.07) is 19.7. The smallest absolute Gasteiger partial charge is 0.260 e. The number of nitrogens with one attached hydrogen (secondary N) is 2. The number of ether oxygens (including phenoxy) is 2. The minimum absolute atomic E-state index is 0.107. The number of benzene rings is 3. The Kier molecular flexibility index (Phi) is 8.86. The van der Waals surface area contributed by atoms with Gasteiger partial charge >= 0.3 is 0 Å². The van der Waals surface area contributed by atoms with E-state index in [1.165, 1.54) is 17.3 Å². The number of carbonyl (C=O) groups excluding carboxylic acids is 1. The minimum atomic E-state index is -0.232. The van der Waals surface area contributed by atoms with Crippen molar-refractivity contribution < 1.29 is 14.3 Å².